The van der Waals surface area contributed by atoms with E-state index in [1.807, 2.05) is 30.3 Å². The quantitative estimate of drug-likeness (QED) is 0.824. The number of benzene rings is 2. The Hall–Kier alpha value is -2.73. The highest BCUT2D eigenvalue weighted by Crippen LogP contribution is 2.28. The number of urea groups is 1. The average Bonchev–Trinajstić information content (AvgIpc) is 2.70. The largest absolute Gasteiger partial charge is 0.497 e. The molecular weight excluding hydrogens is 366 g/mol. The zero-order valence-electron chi connectivity index (χ0n) is 15.1. The lowest BCUT2D eigenvalue weighted by Gasteiger charge is -2.32. The average molecular weight is 388 g/mol. The van der Waals surface area contributed by atoms with Gasteiger partial charge in [-0.15, -0.1) is 0 Å². The van der Waals surface area contributed by atoms with Crippen molar-refractivity contribution in [2.75, 3.05) is 30.8 Å². The minimum Gasteiger partial charge on any atom is -0.497 e. The Morgan fingerprint density at radius 3 is 2.63 bits per heavy atom. The van der Waals surface area contributed by atoms with Crippen LogP contribution in [0.2, 0.25) is 5.02 Å². The number of nitrogens with one attached hydrogen (secondary N) is 2. The maximum atomic E-state index is 12.6. The zero-order chi connectivity index (χ0) is 19.2. The van der Waals surface area contributed by atoms with Gasteiger partial charge in [0.1, 0.15) is 5.75 Å². The normalized spacial score (nSPS) is 16.5. The Balaban J connectivity index is 1.60. The van der Waals surface area contributed by atoms with Crippen molar-refractivity contribution in [3.8, 4) is 5.75 Å². The number of carbonyl (C=O) groups is 2. The highest BCUT2D eigenvalue weighted by molar-refractivity contribution is 6.33. The number of ether oxygens (including phenoxy) is 1. The maximum Gasteiger partial charge on any atom is 0.321 e. The molecule has 1 fully saturated rings. The van der Waals surface area contributed by atoms with Crippen molar-refractivity contribution in [1.29, 1.82) is 0 Å². The molecule has 1 saturated heterocycles. The van der Waals surface area contributed by atoms with E-state index in [0.717, 1.165) is 18.5 Å². The van der Waals surface area contributed by atoms with Gasteiger partial charge >= 0.3 is 6.03 Å². The van der Waals surface area contributed by atoms with Gasteiger partial charge in [0, 0.05) is 24.8 Å². The van der Waals surface area contributed by atoms with E-state index in [0.29, 0.717) is 29.5 Å². The predicted octanol–water partition coefficient (Wildman–Crippen LogP) is 4.23. The van der Waals surface area contributed by atoms with Crippen LogP contribution in [0.4, 0.5) is 16.2 Å². The van der Waals surface area contributed by atoms with Crippen molar-refractivity contribution < 1.29 is 14.3 Å². The molecule has 3 amide bonds. The SMILES string of the molecule is COc1ccc(NC(=O)C2CCCN(C(=O)Nc3ccccc3)C2)c(Cl)c1. The summed E-state index contributed by atoms with van der Waals surface area (Å²) < 4.78 is 5.11. The molecule has 0 aliphatic carbocycles. The molecule has 2 aromatic carbocycles. The number of halogens is 1. The molecule has 3 rings (SSSR count). The van der Waals surface area contributed by atoms with Gasteiger partial charge in [0.05, 0.1) is 23.7 Å². The van der Waals surface area contributed by atoms with Crippen LogP contribution >= 0.6 is 11.6 Å². The molecule has 142 valence electrons. The molecule has 1 unspecified atom stereocenters. The smallest absolute Gasteiger partial charge is 0.321 e. The van der Waals surface area contributed by atoms with Gasteiger partial charge in [0.15, 0.2) is 0 Å². The monoisotopic (exact) mass is 387 g/mol. The van der Waals surface area contributed by atoms with Gasteiger partial charge < -0.3 is 20.3 Å². The number of hydrogen-bond acceptors (Lipinski definition) is 3. The summed E-state index contributed by atoms with van der Waals surface area (Å²) in [7, 11) is 1.56. The lowest BCUT2D eigenvalue weighted by molar-refractivity contribution is -0.121. The lowest BCUT2D eigenvalue weighted by atomic mass is 9.97. The van der Waals surface area contributed by atoms with E-state index in [1.165, 1.54) is 0 Å². The van der Waals surface area contributed by atoms with E-state index in [4.69, 9.17) is 16.3 Å². The van der Waals surface area contributed by atoms with Gasteiger partial charge in [-0.05, 0) is 37.1 Å². The fourth-order valence-corrected chi connectivity index (χ4v) is 3.28. The molecule has 1 aliphatic rings. The molecule has 7 heteroatoms. The molecule has 1 heterocycles. The summed E-state index contributed by atoms with van der Waals surface area (Å²) in [5, 5.41) is 6.13. The highest BCUT2D eigenvalue weighted by Gasteiger charge is 2.28. The number of methoxy groups -OCH3 is 1. The number of likely N-dealkylation sites (tertiary alicyclic amines) is 1. The van der Waals surface area contributed by atoms with Gasteiger partial charge in [-0.2, -0.15) is 0 Å². The number of anilines is 2. The third-order valence-electron chi connectivity index (χ3n) is 4.54. The summed E-state index contributed by atoms with van der Waals surface area (Å²) in [5.74, 6) is 0.206. The van der Waals surface area contributed by atoms with Crippen molar-refractivity contribution in [1.82, 2.24) is 4.90 Å². The van der Waals surface area contributed by atoms with Crippen LogP contribution in [-0.2, 0) is 4.79 Å². The summed E-state index contributed by atoms with van der Waals surface area (Å²) in [6, 6.07) is 14.2. The number of rotatable bonds is 4. The number of hydrogen-bond donors (Lipinski definition) is 2. The molecule has 1 aliphatic heterocycles. The van der Waals surface area contributed by atoms with Crippen molar-refractivity contribution in [2.45, 2.75) is 12.8 Å². The Labute approximate surface area is 163 Å². The molecule has 2 N–H and O–H groups in total. The van der Waals surface area contributed by atoms with E-state index < -0.39 is 0 Å². The van der Waals surface area contributed by atoms with E-state index in [9.17, 15) is 9.59 Å². The number of para-hydroxylation sites is 1. The summed E-state index contributed by atoms with van der Waals surface area (Å²) in [6.07, 6.45) is 1.51. The van der Waals surface area contributed by atoms with E-state index >= 15 is 0 Å². The number of nitrogens with zero attached hydrogens (tertiary/aromatic N) is 1. The van der Waals surface area contributed by atoms with Crippen LogP contribution in [0.1, 0.15) is 12.8 Å². The number of piperidine rings is 1. The van der Waals surface area contributed by atoms with Gasteiger partial charge in [0.2, 0.25) is 5.91 Å². The van der Waals surface area contributed by atoms with Crippen LogP contribution in [0.5, 0.6) is 5.75 Å². The summed E-state index contributed by atoms with van der Waals surface area (Å²) in [6.45, 7) is 1.00. The van der Waals surface area contributed by atoms with Gasteiger partial charge in [0.25, 0.3) is 0 Å². The first-order valence-corrected chi connectivity index (χ1v) is 9.20. The molecule has 27 heavy (non-hydrogen) atoms. The van der Waals surface area contributed by atoms with Crippen LogP contribution in [0, 0.1) is 5.92 Å². The Morgan fingerprint density at radius 2 is 1.93 bits per heavy atom. The van der Waals surface area contributed by atoms with E-state index in [-0.39, 0.29) is 17.9 Å². The molecule has 1 atom stereocenters. The minimum atomic E-state index is -0.279. The number of carbonyl (C=O) groups excluding carboxylic acids is 2. The second kappa shape index (κ2) is 8.77. The zero-order valence-corrected chi connectivity index (χ0v) is 15.8. The fraction of sp³-hybridized carbons (Fsp3) is 0.300. The summed E-state index contributed by atoms with van der Waals surface area (Å²) in [5.41, 5.74) is 1.27. The van der Waals surface area contributed by atoms with E-state index in [2.05, 4.69) is 10.6 Å². The topological polar surface area (TPSA) is 70.7 Å². The van der Waals surface area contributed by atoms with E-state index in [1.54, 1.807) is 30.2 Å². The predicted molar refractivity (Wildman–Crippen MR) is 106 cm³/mol. The van der Waals surface area contributed by atoms with Gasteiger partial charge in [-0.25, -0.2) is 4.79 Å². The van der Waals surface area contributed by atoms with Crippen LogP contribution in [-0.4, -0.2) is 37.0 Å². The molecular formula is C20H22ClN3O3. The fourth-order valence-electron chi connectivity index (χ4n) is 3.06. The first kappa shape index (κ1) is 19.0. The Bertz CT molecular complexity index is 813. The standard InChI is InChI=1S/C20H22ClN3O3/c1-27-16-9-10-18(17(21)12-16)23-19(25)14-6-5-11-24(13-14)20(26)22-15-7-3-2-4-8-15/h2-4,7-10,12,14H,5-6,11,13H2,1H3,(H,22,26)(H,23,25). The Morgan fingerprint density at radius 1 is 1.15 bits per heavy atom. The maximum absolute atomic E-state index is 12.6. The summed E-state index contributed by atoms with van der Waals surface area (Å²) >= 11 is 6.19. The third-order valence-corrected chi connectivity index (χ3v) is 4.85. The molecule has 0 bridgehead atoms. The molecule has 0 aromatic heterocycles. The first-order valence-electron chi connectivity index (χ1n) is 8.82. The van der Waals surface area contributed by atoms with Crippen LogP contribution < -0.4 is 15.4 Å². The van der Waals surface area contributed by atoms with Crippen LogP contribution in [0.25, 0.3) is 0 Å². The minimum absolute atomic E-state index is 0.140. The van der Waals surface area contributed by atoms with Gasteiger partial charge in [-0.3, -0.25) is 4.79 Å². The second-order valence-electron chi connectivity index (χ2n) is 6.42. The van der Waals surface area contributed by atoms with Crippen molar-refractivity contribution >= 4 is 34.9 Å². The molecule has 0 saturated carbocycles. The summed E-state index contributed by atoms with van der Waals surface area (Å²) in [4.78, 5) is 26.8. The van der Waals surface area contributed by atoms with Crippen molar-refractivity contribution in [3.05, 3.63) is 53.6 Å². The Kier molecular flexibility index (Phi) is 6.19. The van der Waals surface area contributed by atoms with Crippen molar-refractivity contribution in [2.24, 2.45) is 5.92 Å². The number of amides is 3. The molecule has 0 radical (unpaired) electrons. The third kappa shape index (κ3) is 4.92. The molecule has 0 spiro atoms. The van der Waals surface area contributed by atoms with Crippen molar-refractivity contribution in [3.63, 3.8) is 0 Å². The highest BCUT2D eigenvalue weighted by atomic mass is 35.5. The molecule has 6 nitrogen and oxygen atoms in total. The molecule has 2 aromatic rings. The second-order valence-corrected chi connectivity index (χ2v) is 6.82. The van der Waals surface area contributed by atoms with Gasteiger partial charge in [-0.1, -0.05) is 29.8 Å². The van der Waals surface area contributed by atoms with Crippen LogP contribution in [0.15, 0.2) is 48.5 Å². The van der Waals surface area contributed by atoms with Crippen LogP contribution in [0.3, 0.4) is 0 Å². The lowest BCUT2D eigenvalue weighted by Crippen LogP contribution is -2.45. The first-order chi connectivity index (χ1) is 13.1.